The van der Waals surface area contributed by atoms with Crippen molar-refractivity contribution < 1.29 is 14.3 Å². The van der Waals surface area contributed by atoms with Crippen molar-refractivity contribution in [3.8, 4) is 5.75 Å². The van der Waals surface area contributed by atoms with E-state index in [-0.39, 0.29) is 6.04 Å². The van der Waals surface area contributed by atoms with Crippen molar-refractivity contribution in [2.45, 2.75) is 26.3 Å². The van der Waals surface area contributed by atoms with Crippen molar-refractivity contribution in [3.63, 3.8) is 0 Å². The molecule has 0 saturated heterocycles. The normalized spacial score (nSPS) is 11.6. The molecule has 2 rings (SSSR count). The Morgan fingerprint density at radius 1 is 1.26 bits per heavy atom. The van der Waals surface area contributed by atoms with Gasteiger partial charge < -0.3 is 15.4 Å². The fraction of sp³-hybridized carbons (Fsp3) is 0.294. The molecule has 1 aromatic heterocycles. The van der Waals surface area contributed by atoms with Crippen LogP contribution in [-0.2, 0) is 16.0 Å². The average Bonchev–Trinajstić information content (AvgIpc) is 3.01. The topological polar surface area (TPSA) is 67.4 Å². The molecule has 0 bridgehead atoms. The number of carbonyl (C=O) groups excluding carboxylic acids is 2. The van der Waals surface area contributed by atoms with Crippen LogP contribution in [0.3, 0.4) is 0 Å². The van der Waals surface area contributed by atoms with Gasteiger partial charge >= 0.3 is 11.8 Å². The number of hydrogen-bond donors (Lipinski definition) is 2. The molecule has 0 unspecified atom stereocenters. The minimum atomic E-state index is -0.704. The molecule has 2 amide bonds. The highest BCUT2D eigenvalue weighted by Gasteiger charge is 2.18. The lowest BCUT2D eigenvalue weighted by Gasteiger charge is -2.14. The first-order chi connectivity index (χ1) is 11.0. The molecule has 2 aromatic rings. The summed E-state index contributed by atoms with van der Waals surface area (Å²) in [4.78, 5) is 25.2. The van der Waals surface area contributed by atoms with E-state index in [1.807, 2.05) is 37.4 Å². The summed E-state index contributed by atoms with van der Waals surface area (Å²) in [5.41, 5.74) is 1.48. The molecule has 0 aliphatic rings. The van der Waals surface area contributed by atoms with E-state index in [2.05, 4.69) is 10.6 Å². The van der Waals surface area contributed by atoms with Gasteiger partial charge in [0, 0.05) is 17.3 Å². The fourth-order valence-electron chi connectivity index (χ4n) is 2.15. The number of benzene rings is 1. The molecule has 122 valence electrons. The molecular weight excluding hydrogens is 312 g/mol. The lowest BCUT2D eigenvalue weighted by atomic mass is 10.2. The summed E-state index contributed by atoms with van der Waals surface area (Å²) < 4.78 is 5.21. The number of nitrogens with one attached hydrogen (secondary N) is 2. The highest BCUT2D eigenvalue weighted by Crippen LogP contribution is 2.25. The largest absolute Gasteiger partial charge is 0.495 e. The van der Waals surface area contributed by atoms with Crippen molar-refractivity contribution in [3.05, 3.63) is 46.2 Å². The van der Waals surface area contributed by atoms with Crippen LogP contribution in [0.2, 0.25) is 0 Å². The second kappa shape index (κ2) is 7.78. The van der Waals surface area contributed by atoms with Crippen molar-refractivity contribution in [1.29, 1.82) is 0 Å². The number of methoxy groups -OCH3 is 1. The maximum absolute atomic E-state index is 12.0. The summed E-state index contributed by atoms with van der Waals surface area (Å²) in [5.74, 6) is -0.834. The first-order valence-corrected chi connectivity index (χ1v) is 8.16. The van der Waals surface area contributed by atoms with Gasteiger partial charge in [-0.2, -0.15) is 0 Å². The Balaban J connectivity index is 1.93. The summed E-state index contributed by atoms with van der Waals surface area (Å²) in [6.45, 7) is 3.80. The summed E-state index contributed by atoms with van der Waals surface area (Å²) in [6.07, 6.45) is 0.699. The Morgan fingerprint density at radius 3 is 2.70 bits per heavy atom. The van der Waals surface area contributed by atoms with Gasteiger partial charge in [0.1, 0.15) is 5.75 Å². The minimum Gasteiger partial charge on any atom is -0.495 e. The SMILES string of the molecule is COc1cc(C)ccc1NC(=O)C(=O)N[C@H](C)Cc1cccs1. The molecule has 0 radical (unpaired) electrons. The quantitative estimate of drug-likeness (QED) is 0.827. The Kier molecular flexibility index (Phi) is 5.76. The highest BCUT2D eigenvalue weighted by molar-refractivity contribution is 7.09. The van der Waals surface area contributed by atoms with E-state index in [0.29, 0.717) is 17.9 Å². The number of anilines is 1. The number of thiophene rings is 1. The zero-order valence-electron chi connectivity index (χ0n) is 13.4. The summed E-state index contributed by atoms with van der Waals surface area (Å²) in [7, 11) is 1.52. The Bertz CT molecular complexity index is 683. The molecule has 1 heterocycles. The number of aryl methyl sites for hydroxylation is 1. The van der Waals surface area contributed by atoms with Crippen LogP contribution in [-0.4, -0.2) is 25.0 Å². The Labute approximate surface area is 139 Å². The van der Waals surface area contributed by atoms with Crippen LogP contribution >= 0.6 is 11.3 Å². The minimum absolute atomic E-state index is 0.119. The van der Waals surface area contributed by atoms with Gasteiger partial charge in [-0.25, -0.2) is 0 Å². The van der Waals surface area contributed by atoms with E-state index < -0.39 is 11.8 Å². The molecule has 5 nitrogen and oxygen atoms in total. The van der Waals surface area contributed by atoms with Crippen LogP contribution < -0.4 is 15.4 Å². The van der Waals surface area contributed by atoms with E-state index in [1.54, 1.807) is 23.5 Å². The molecule has 23 heavy (non-hydrogen) atoms. The fourth-order valence-corrected chi connectivity index (χ4v) is 2.99. The molecule has 0 aliphatic carbocycles. The predicted octanol–water partition coefficient (Wildman–Crippen LogP) is 2.75. The van der Waals surface area contributed by atoms with E-state index >= 15 is 0 Å². The standard InChI is InChI=1S/C17H20N2O3S/c1-11-6-7-14(15(9-11)22-3)19-17(21)16(20)18-12(2)10-13-5-4-8-23-13/h4-9,12H,10H2,1-3H3,(H,18,20)(H,19,21)/t12-/m1/s1. The van der Waals surface area contributed by atoms with Crippen molar-refractivity contribution >= 4 is 28.8 Å². The molecule has 0 saturated carbocycles. The van der Waals surface area contributed by atoms with Crippen LogP contribution in [0.5, 0.6) is 5.75 Å². The molecule has 1 aromatic carbocycles. The summed E-state index contributed by atoms with van der Waals surface area (Å²) in [5, 5.41) is 7.27. The van der Waals surface area contributed by atoms with Gasteiger partial charge in [0.15, 0.2) is 0 Å². The van der Waals surface area contributed by atoms with Gasteiger partial charge in [0.05, 0.1) is 12.8 Å². The number of hydrogen-bond acceptors (Lipinski definition) is 4. The number of carbonyl (C=O) groups is 2. The number of ether oxygens (including phenoxy) is 1. The lowest BCUT2D eigenvalue weighted by Crippen LogP contribution is -2.41. The Hall–Kier alpha value is -2.34. The van der Waals surface area contributed by atoms with E-state index in [0.717, 1.165) is 5.56 Å². The lowest BCUT2D eigenvalue weighted by molar-refractivity contribution is -0.136. The van der Waals surface area contributed by atoms with Crippen molar-refractivity contribution in [2.24, 2.45) is 0 Å². The van der Waals surface area contributed by atoms with Gasteiger partial charge in [0.2, 0.25) is 0 Å². The van der Waals surface area contributed by atoms with Gasteiger partial charge in [-0.3, -0.25) is 9.59 Å². The first-order valence-electron chi connectivity index (χ1n) is 7.28. The second-order valence-corrected chi connectivity index (χ2v) is 6.35. The summed E-state index contributed by atoms with van der Waals surface area (Å²) in [6, 6.07) is 9.21. The zero-order chi connectivity index (χ0) is 16.8. The first kappa shape index (κ1) is 17.0. The van der Waals surface area contributed by atoms with Crippen molar-refractivity contribution in [1.82, 2.24) is 5.32 Å². The molecule has 1 atom stereocenters. The molecule has 2 N–H and O–H groups in total. The maximum atomic E-state index is 12.0. The smallest absolute Gasteiger partial charge is 0.313 e. The van der Waals surface area contributed by atoms with E-state index in [1.165, 1.54) is 12.0 Å². The van der Waals surface area contributed by atoms with Crippen LogP contribution in [0.25, 0.3) is 0 Å². The molecule has 0 aliphatic heterocycles. The molecule has 6 heteroatoms. The van der Waals surface area contributed by atoms with Gasteiger partial charge in [-0.15, -0.1) is 11.3 Å². The molecule has 0 spiro atoms. The predicted molar refractivity (Wildman–Crippen MR) is 92.0 cm³/mol. The summed E-state index contributed by atoms with van der Waals surface area (Å²) >= 11 is 1.63. The number of amides is 2. The van der Waals surface area contributed by atoms with Crippen LogP contribution in [0, 0.1) is 6.92 Å². The van der Waals surface area contributed by atoms with Crippen molar-refractivity contribution in [2.75, 3.05) is 12.4 Å². The van der Waals surface area contributed by atoms with Crippen LogP contribution in [0.1, 0.15) is 17.4 Å². The van der Waals surface area contributed by atoms with Gasteiger partial charge in [-0.1, -0.05) is 12.1 Å². The monoisotopic (exact) mass is 332 g/mol. The van der Waals surface area contributed by atoms with Gasteiger partial charge in [0.25, 0.3) is 0 Å². The number of rotatable bonds is 5. The Morgan fingerprint density at radius 2 is 2.04 bits per heavy atom. The van der Waals surface area contributed by atoms with Gasteiger partial charge in [-0.05, 0) is 43.0 Å². The molecular formula is C17H20N2O3S. The maximum Gasteiger partial charge on any atom is 0.313 e. The molecule has 0 fully saturated rings. The van der Waals surface area contributed by atoms with Crippen LogP contribution in [0.15, 0.2) is 35.7 Å². The third-order valence-corrected chi connectivity index (χ3v) is 4.18. The van der Waals surface area contributed by atoms with E-state index in [4.69, 9.17) is 4.74 Å². The van der Waals surface area contributed by atoms with Crippen LogP contribution in [0.4, 0.5) is 5.69 Å². The zero-order valence-corrected chi connectivity index (χ0v) is 14.2. The second-order valence-electron chi connectivity index (χ2n) is 5.32. The highest BCUT2D eigenvalue weighted by atomic mass is 32.1. The third-order valence-electron chi connectivity index (χ3n) is 3.28. The van der Waals surface area contributed by atoms with E-state index in [9.17, 15) is 9.59 Å². The average molecular weight is 332 g/mol. The third kappa shape index (κ3) is 4.82.